The van der Waals surface area contributed by atoms with Crippen LogP contribution in [0.3, 0.4) is 0 Å². The number of nitrogens with zero attached hydrogens (tertiary/aromatic N) is 1. The Balaban J connectivity index is 1.55. The van der Waals surface area contributed by atoms with E-state index in [-0.39, 0.29) is 22.0 Å². The average molecular weight is 417 g/mol. The maximum atomic E-state index is 12.9. The Morgan fingerprint density at radius 2 is 1.89 bits per heavy atom. The molecule has 3 rings (SSSR count). The van der Waals surface area contributed by atoms with E-state index < -0.39 is 17.6 Å². The number of alkyl halides is 3. The number of hydrogen-bond donors (Lipinski definition) is 1. The lowest BCUT2D eigenvalue weighted by atomic mass is 9.89. The van der Waals surface area contributed by atoms with E-state index in [1.807, 2.05) is 0 Å². The van der Waals surface area contributed by atoms with Gasteiger partial charge < -0.3 is 10.2 Å². The molecule has 1 amide bonds. The summed E-state index contributed by atoms with van der Waals surface area (Å²) >= 11 is 5.98. The van der Waals surface area contributed by atoms with Crippen LogP contribution in [0.5, 0.6) is 0 Å². The molecular weight excluding hydrogens is 389 g/mol. The highest BCUT2D eigenvalue weighted by atomic mass is 35.5. The van der Waals surface area contributed by atoms with Crippen molar-refractivity contribution in [2.75, 3.05) is 19.6 Å². The highest BCUT2D eigenvalue weighted by Crippen LogP contribution is 2.54. The van der Waals surface area contributed by atoms with Crippen LogP contribution in [-0.4, -0.2) is 36.5 Å². The van der Waals surface area contributed by atoms with Crippen LogP contribution in [0.15, 0.2) is 18.2 Å². The number of piperidine rings is 1. The first-order valence-electron chi connectivity index (χ1n) is 9.80. The van der Waals surface area contributed by atoms with Crippen LogP contribution in [-0.2, 0) is 6.18 Å². The monoisotopic (exact) mass is 416 g/mol. The van der Waals surface area contributed by atoms with Crippen LogP contribution in [0.4, 0.5) is 13.2 Å². The predicted molar refractivity (Wildman–Crippen MR) is 105 cm³/mol. The molecule has 1 saturated heterocycles. The van der Waals surface area contributed by atoms with Gasteiger partial charge in [0.25, 0.3) is 5.91 Å². The lowest BCUT2D eigenvalue weighted by Crippen LogP contribution is -2.39. The SMILES string of the molecule is CC(C)(C)CCN1CCC2(CC1)CC2NC(=O)c1cc(C(F)(F)F)ccc1Cl. The summed E-state index contributed by atoms with van der Waals surface area (Å²) in [4.78, 5) is 15.0. The van der Waals surface area contributed by atoms with Gasteiger partial charge in [0.15, 0.2) is 0 Å². The summed E-state index contributed by atoms with van der Waals surface area (Å²) in [7, 11) is 0. The van der Waals surface area contributed by atoms with Gasteiger partial charge in [-0.2, -0.15) is 13.2 Å². The van der Waals surface area contributed by atoms with Crippen LogP contribution in [0.1, 0.15) is 62.4 Å². The molecular formula is C21H28ClF3N2O. The third-order valence-corrected chi connectivity index (χ3v) is 6.39. The van der Waals surface area contributed by atoms with E-state index in [9.17, 15) is 18.0 Å². The second-order valence-corrected chi connectivity index (χ2v) is 9.84. The van der Waals surface area contributed by atoms with Crippen molar-refractivity contribution >= 4 is 17.5 Å². The topological polar surface area (TPSA) is 32.3 Å². The molecule has 0 bridgehead atoms. The van der Waals surface area contributed by atoms with Crippen LogP contribution < -0.4 is 5.32 Å². The average Bonchev–Trinajstić information content (AvgIpc) is 3.24. The number of halogens is 4. The Kier molecular flexibility index (Phi) is 5.76. The Morgan fingerprint density at radius 1 is 1.25 bits per heavy atom. The largest absolute Gasteiger partial charge is 0.416 e. The zero-order valence-electron chi connectivity index (χ0n) is 16.6. The van der Waals surface area contributed by atoms with Gasteiger partial charge in [-0.15, -0.1) is 0 Å². The number of hydrogen-bond acceptors (Lipinski definition) is 2. The van der Waals surface area contributed by atoms with Crippen LogP contribution in [0.25, 0.3) is 0 Å². The fraction of sp³-hybridized carbons (Fsp3) is 0.667. The summed E-state index contributed by atoms with van der Waals surface area (Å²) in [6.45, 7) is 9.81. The van der Waals surface area contributed by atoms with Crippen molar-refractivity contribution in [1.82, 2.24) is 10.2 Å². The number of carbonyl (C=O) groups is 1. The van der Waals surface area contributed by atoms with E-state index in [2.05, 4.69) is 31.0 Å². The summed E-state index contributed by atoms with van der Waals surface area (Å²) in [6.07, 6.45) is -0.437. The molecule has 1 spiro atoms. The quantitative estimate of drug-likeness (QED) is 0.714. The van der Waals surface area contributed by atoms with Gasteiger partial charge in [0.05, 0.1) is 16.1 Å². The molecule has 1 atom stereocenters. The van der Waals surface area contributed by atoms with E-state index in [4.69, 9.17) is 11.6 Å². The van der Waals surface area contributed by atoms with E-state index in [1.165, 1.54) is 0 Å². The van der Waals surface area contributed by atoms with Crippen molar-refractivity contribution in [3.63, 3.8) is 0 Å². The molecule has 2 aliphatic rings. The second-order valence-electron chi connectivity index (χ2n) is 9.44. The summed E-state index contributed by atoms with van der Waals surface area (Å²) in [5, 5.41) is 2.95. The van der Waals surface area contributed by atoms with Gasteiger partial charge in [0, 0.05) is 6.04 Å². The highest BCUT2D eigenvalue weighted by Gasteiger charge is 2.55. The zero-order chi connectivity index (χ0) is 20.7. The molecule has 1 aliphatic carbocycles. The standard InChI is InChI=1S/C21H28ClF3N2O/c1-19(2,3)6-9-27-10-7-20(8-11-27)13-17(20)26-18(28)15-12-14(21(23,24)25)4-5-16(15)22/h4-5,12,17H,6-11,13H2,1-3H3,(H,26,28). The molecule has 0 aromatic heterocycles. The van der Waals surface area contributed by atoms with Crippen molar-refractivity contribution in [3.05, 3.63) is 34.3 Å². The Hall–Kier alpha value is -1.27. The minimum Gasteiger partial charge on any atom is -0.349 e. The van der Waals surface area contributed by atoms with Crippen LogP contribution in [0.2, 0.25) is 5.02 Å². The molecule has 0 radical (unpaired) electrons. The predicted octanol–water partition coefficient (Wildman–Crippen LogP) is 5.38. The number of likely N-dealkylation sites (tertiary alicyclic amines) is 1. The van der Waals surface area contributed by atoms with Gasteiger partial charge in [-0.3, -0.25) is 4.79 Å². The third kappa shape index (κ3) is 5.01. The first-order chi connectivity index (χ1) is 12.9. The van der Waals surface area contributed by atoms with Gasteiger partial charge in [0.1, 0.15) is 0 Å². The van der Waals surface area contributed by atoms with Crippen LogP contribution in [0, 0.1) is 10.8 Å². The van der Waals surface area contributed by atoms with E-state index in [0.29, 0.717) is 5.41 Å². The van der Waals surface area contributed by atoms with Gasteiger partial charge in [-0.25, -0.2) is 0 Å². The van der Waals surface area contributed by atoms with E-state index in [1.54, 1.807) is 0 Å². The lowest BCUT2D eigenvalue weighted by Gasteiger charge is -2.34. The molecule has 1 aromatic carbocycles. The van der Waals surface area contributed by atoms with Gasteiger partial charge in [0.2, 0.25) is 0 Å². The minimum absolute atomic E-state index is 0.0235. The van der Waals surface area contributed by atoms with Crippen molar-refractivity contribution in [2.24, 2.45) is 10.8 Å². The number of rotatable bonds is 4. The summed E-state index contributed by atoms with van der Waals surface area (Å²) in [5.74, 6) is -0.520. The fourth-order valence-corrected chi connectivity index (χ4v) is 4.13. The summed E-state index contributed by atoms with van der Waals surface area (Å²) in [6, 6.07) is 2.89. The Labute approximate surface area is 169 Å². The second kappa shape index (κ2) is 7.52. The molecule has 1 aliphatic heterocycles. The molecule has 1 heterocycles. The van der Waals surface area contributed by atoms with Gasteiger partial charge >= 0.3 is 6.18 Å². The Bertz CT molecular complexity index is 734. The smallest absolute Gasteiger partial charge is 0.349 e. The molecule has 1 saturated carbocycles. The minimum atomic E-state index is -4.50. The molecule has 3 nitrogen and oxygen atoms in total. The molecule has 28 heavy (non-hydrogen) atoms. The first-order valence-corrected chi connectivity index (χ1v) is 10.2. The van der Waals surface area contributed by atoms with Crippen molar-refractivity contribution in [1.29, 1.82) is 0 Å². The van der Waals surface area contributed by atoms with Gasteiger partial charge in [-0.1, -0.05) is 32.4 Å². The van der Waals surface area contributed by atoms with Crippen LogP contribution >= 0.6 is 11.6 Å². The van der Waals surface area contributed by atoms with Crippen molar-refractivity contribution in [2.45, 2.75) is 58.7 Å². The van der Waals surface area contributed by atoms with E-state index in [0.717, 1.165) is 63.5 Å². The number of benzene rings is 1. The molecule has 2 fully saturated rings. The van der Waals surface area contributed by atoms with E-state index >= 15 is 0 Å². The fourth-order valence-electron chi connectivity index (χ4n) is 3.93. The number of carbonyl (C=O) groups excluding carboxylic acids is 1. The number of nitrogens with one attached hydrogen (secondary N) is 1. The maximum absolute atomic E-state index is 12.9. The third-order valence-electron chi connectivity index (χ3n) is 6.06. The Morgan fingerprint density at radius 3 is 2.46 bits per heavy atom. The molecule has 1 aromatic rings. The molecule has 1 unspecified atom stereocenters. The van der Waals surface area contributed by atoms with Crippen molar-refractivity contribution in [3.8, 4) is 0 Å². The molecule has 156 valence electrons. The normalized spacial score (nSPS) is 22.3. The first kappa shape index (κ1) is 21.4. The summed E-state index contributed by atoms with van der Waals surface area (Å²) < 4.78 is 38.8. The maximum Gasteiger partial charge on any atom is 0.416 e. The lowest BCUT2D eigenvalue weighted by molar-refractivity contribution is -0.137. The zero-order valence-corrected chi connectivity index (χ0v) is 17.4. The number of amides is 1. The van der Waals surface area contributed by atoms with Gasteiger partial charge in [-0.05, 0) is 74.3 Å². The molecule has 1 N–H and O–H groups in total. The van der Waals surface area contributed by atoms with Crippen molar-refractivity contribution < 1.29 is 18.0 Å². The molecule has 7 heteroatoms. The highest BCUT2D eigenvalue weighted by molar-refractivity contribution is 6.33. The summed E-state index contributed by atoms with van der Waals surface area (Å²) in [5.41, 5.74) is -0.557.